The SMILES string of the molecule is CC(C)C(N)c1c(F)cccc1F. The Morgan fingerprint density at radius 2 is 1.62 bits per heavy atom. The zero-order chi connectivity index (χ0) is 10.0. The number of hydrogen-bond acceptors (Lipinski definition) is 1. The molecule has 72 valence electrons. The third kappa shape index (κ3) is 2.04. The average Bonchev–Trinajstić information content (AvgIpc) is 2.03. The third-order valence-electron chi connectivity index (χ3n) is 2.05. The molecule has 0 bridgehead atoms. The van der Waals surface area contributed by atoms with Crippen LogP contribution in [0.1, 0.15) is 25.5 Å². The highest BCUT2D eigenvalue weighted by molar-refractivity contribution is 5.23. The third-order valence-corrected chi connectivity index (χ3v) is 2.05. The second-order valence-corrected chi connectivity index (χ2v) is 3.41. The lowest BCUT2D eigenvalue weighted by atomic mass is 9.96. The fourth-order valence-corrected chi connectivity index (χ4v) is 1.16. The Morgan fingerprint density at radius 1 is 1.15 bits per heavy atom. The van der Waals surface area contributed by atoms with E-state index in [9.17, 15) is 8.78 Å². The van der Waals surface area contributed by atoms with E-state index in [1.54, 1.807) is 0 Å². The second kappa shape index (κ2) is 3.83. The average molecular weight is 185 g/mol. The molecule has 1 atom stereocenters. The van der Waals surface area contributed by atoms with Crippen molar-refractivity contribution in [2.75, 3.05) is 0 Å². The van der Waals surface area contributed by atoms with Crippen LogP contribution in [0.15, 0.2) is 18.2 Å². The molecule has 1 rings (SSSR count). The highest BCUT2D eigenvalue weighted by Crippen LogP contribution is 2.24. The number of benzene rings is 1. The maximum absolute atomic E-state index is 13.1. The zero-order valence-corrected chi connectivity index (χ0v) is 7.72. The van der Waals surface area contributed by atoms with Crippen molar-refractivity contribution < 1.29 is 8.78 Å². The maximum Gasteiger partial charge on any atom is 0.130 e. The van der Waals surface area contributed by atoms with Gasteiger partial charge in [-0.25, -0.2) is 8.78 Å². The van der Waals surface area contributed by atoms with E-state index < -0.39 is 17.7 Å². The summed E-state index contributed by atoms with van der Waals surface area (Å²) in [5, 5.41) is 0. The molecule has 0 amide bonds. The van der Waals surface area contributed by atoms with Crippen molar-refractivity contribution in [3.05, 3.63) is 35.4 Å². The molecular weight excluding hydrogens is 172 g/mol. The number of halogens is 2. The number of hydrogen-bond donors (Lipinski definition) is 1. The summed E-state index contributed by atoms with van der Waals surface area (Å²) in [6, 6.07) is 3.20. The predicted octanol–water partition coefficient (Wildman–Crippen LogP) is 2.62. The largest absolute Gasteiger partial charge is 0.324 e. The van der Waals surface area contributed by atoms with Crippen molar-refractivity contribution in [2.24, 2.45) is 11.7 Å². The summed E-state index contributed by atoms with van der Waals surface area (Å²) >= 11 is 0. The summed E-state index contributed by atoms with van der Waals surface area (Å²) in [5.41, 5.74) is 5.64. The molecule has 3 heteroatoms. The van der Waals surface area contributed by atoms with Gasteiger partial charge in [0.2, 0.25) is 0 Å². The van der Waals surface area contributed by atoms with Gasteiger partial charge >= 0.3 is 0 Å². The Labute approximate surface area is 76.6 Å². The van der Waals surface area contributed by atoms with Crippen LogP contribution in [-0.4, -0.2) is 0 Å². The van der Waals surface area contributed by atoms with Crippen molar-refractivity contribution in [2.45, 2.75) is 19.9 Å². The lowest BCUT2D eigenvalue weighted by Crippen LogP contribution is -2.19. The van der Waals surface area contributed by atoms with E-state index in [-0.39, 0.29) is 11.5 Å². The van der Waals surface area contributed by atoms with Crippen LogP contribution in [0.5, 0.6) is 0 Å². The summed E-state index contributed by atoms with van der Waals surface area (Å²) in [6.45, 7) is 3.66. The van der Waals surface area contributed by atoms with E-state index >= 15 is 0 Å². The topological polar surface area (TPSA) is 26.0 Å². The number of rotatable bonds is 2. The molecule has 0 aromatic heterocycles. The first-order chi connectivity index (χ1) is 6.04. The summed E-state index contributed by atoms with van der Waals surface area (Å²) in [6.07, 6.45) is 0. The summed E-state index contributed by atoms with van der Waals surface area (Å²) in [5.74, 6) is -1.12. The Hall–Kier alpha value is -0.960. The molecule has 1 nitrogen and oxygen atoms in total. The van der Waals surface area contributed by atoms with E-state index in [1.807, 2.05) is 13.8 Å². The van der Waals surface area contributed by atoms with Gasteiger partial charge < -0.3 is 5.73 Å². The molecular formula is C10H13F2N. The molecule has 0 radical (unpaired) electrons. The van der Waals surface area contributed by atoms with Gasteiger partial charge in [0.25, 0.3) is 0 Å². The van der Waals surface area contributed by atoms with Gasteiger partial charge in [-0.3, -0.25) is 0 Å². The Kier molecular flexibility index (Phi) is 2.98. The predicted molar refractivity (Wildman–Crippen MR) is 48.1 cm³/mol. The summed E-state index contributed by atoms with van der Waals surface area (Å²) < 4.78 is 26.3. The molecule has 0 spiro atoms. The van der Waals surface area contributed by atoms with Crippen molar-refractivity contribution in [3.63, 3.8) is 0 Å². The first-order valence-electron chi connectivity index (χ1n) is 4.23. The molecule has 0 aliphatic rings. The van der Waals surface area contributed by atoms with Crippen LogP contribution in [-0.2, 0) is 0 Å². The molecule has 13 heavy (non-hydrogen) atoms. The molecule has 0 heterocycles. The zero-order valence-electron chi connectivity index (χ0n) is 7.72. The monoisotopic (exact) mass is 185 g/mol. The normalized spacial score (nSPS) is 13.4. The van der Waals surface area contributed by atoms with Crippen LogP contribution in [0.2, 0.25) is 0 Å². The first kappa shape index (κ1) is 10.1. The lowest BCUT2D eigenvalue weighted by Gasteiger charge is -2.17. The molecule has 0 saturated carbocycles. The van der Waals surface area contributed by atoms with E-state index in [0.29, 0.717) is 0 Å². The number of nitrogens with two attached hydrogens (primary N) is 1. The Bertz CT molecular complexity index is 277. The van der Waals surface area contributed by atoms with Gasteiger partial charge in [-0.05, 0) is 18.1 Å². The highest BCUT2D eigenvalue weighted by Gasteiger charge is 2.18. The van der Waals surface area contributed by atoms with Crippen LogP contribution in [0, 0.1) is 17.6 Å². The first-order valence-corrected chi connectivity index (χ1v) is 4.23. The maximum atomic E-state index is 13.1. The highest BCUT2D eigenvalue weighted by atomic mass is 19.1. The minimum absolute atomic E-state index is 0.0162. The fourth-order valence-electron chi connectivity index (χ4n) is 1.16. The van der Waals surface area contributed by atoms with Crippen LogP contribution >= 0.6 is 0 Å². The van der Waals surface area contributed by atoms with Gasteiger partial charge in [0, 0.05) is 11.6 Å². The summed E-state index contributed by atoms with van der Waals surface area (Å²) in [4.78, 5) is 0. The van der Waals surface area contributed by atoms with E-state index in [0.717, 1.165) is 0 Å². The Balaban J connectivity index is 3.12. The van der Waals surface area contributed by atoms with Gasteiger partial charge in [0.05, 0.1) is 0 Å². The fraction of sp³-hybridized carbons (Fsp3) is 0.400. The van der Waals surface area contributed by atoms with E-state index in [1.165, 1.54) is 18.2 Å². The van der Waals surface area contributed by atoms with Gasteiger partial charge in [-0.15, -0.1) is 0 Å². The van der Waals surface area contributed by atoms with Crippen LogP contribution in [0.3, 0.4) is 0 Å². The molecule has 1 aromatic carbocycles. The molecule has 0 fully saturated rings. The summed E-state index contributed by atoms with van der Waals surface area (Å²) in [7, 11) is 0. The van der Waals surface area contributed by atoms with Crippen molar-refractivity contribution in [1.82, 2.24) is 0 Å². The van der Waals surface area contributed by atoms with E-state index in [4.69, 9.17) is 5.73 Å². The van der Waals surface area contributed by atoms with Gasteiger partial charge in [0.15, 0.2) is 0 Å². The second-order valence-electron chi connectivity index (χ2n) is 3.41. The Morgan fingerprint density at radius 3 is 2.00 bits per heavy atom. The quantitative estimate of drug-likeness (QED) is 0.753. The van der Waals surface area contributed by atoms with Crippen molar-refractivity contribution >= 4 is 0 Å². The lowest BCUT2D eigenvalue weighted by molar-refractivity contribution is 0.454. The standard InChI is InChI=1S/C10H13F2N/c1-6(2)10(13)9-7(11)4-3-5-8(9)12/h3-6,10H,13H2,1-2H3. The van der Waals surface area contributed by atoms with Crippen LogP contribution in [0.25, 0.3) is 0 Å². The minimum Gasteiger partial charge on any atom is -0.324 e. The van der Waals surface area contributed by atoms with Crippen LogP contribution in [0.4, 0.5) is 8.78 Å². The van der Waals surface area contributed by atoms with Gasteiger partial charge in [0.1, 0.15) is 11.6 Å². The molecule has 1 unspecified atom stereocenters. The molecule has 0 aliphatic heterocycles. The molecule has 2 N–H and O–H groups in total. The van der Waals surface area contributed by atoms with Gasteiger partial charge in [-0.2, -0.15) is 0 Å². The molecule has 0 saturated heterocycles. The molecule has 0 aliphatic carbocycles. The smallest absolute Gasteiger partial charge is 0.130 e. The van der Waals surface area contributed by atoms with Crippen molar-refractivity contribution in [3.8, 4) is 0 Å². The minimum atomic E-state index is -0.582. The molecule has 1 aromatic rings. The van der Waals surface area contributed by atoms with Crippen LogP contribution < -0.4 is 5.73 Å². The van der Waals surface area contributed by atoms with Gasteiger partial charge in [-0.1, -0.05) is 19.9 Å². The van der Waals surface area contributed by atoms with Crippen molar-refractivity contribution in [1.29, 1.82) is 0 Å². The van der Waals surface area contributed by atoms with E-state index in [2.05, 4.69) is 0 Å².